The lowest BCUT2D eigenvalue weighted by molar-refractivity contribution is -0.196. The molecule has 0 radical (unpaired) electrons. The normalized spacial score (nSPS) is 29.7. The van der Waals surface area contributed by atoms with Crippen molar-refractivity contribution < 1.29 is 42.1 Å². The van der Waals surface area contributed by atoms with E-state index in [1.165, 1.54) is 0 Å². The number of halogens is 3. The molecule has 2 unspecified atom stereocenters. The lowest BCUT2D eigenvalue weighted by Gasteiger charge is -2.62. The van der Waals surface area contributed by atoms with Crippen LogP contribution < -0.4 is 19.9 Å². The van der Waals surface area contributed by atoms with Gasteiger partial charge in [-0.15, -0.1) is 0 Å². The summed E-state index contributed by atoms with van der Waals surface area (Å²) in [4.78, 5) is 47.8. The average Bonchev–Trinajstić information content (AvgIpc) is 3.48. The van der Waals surface area contributed by atoms with Crippen molar-refractivity contribution in [2.45, 2.75) is 86.6 Å². The molecular weight excluding hydrogens is 719 g/mol. The number of fused-ring (bicyclic) bond motifs is 2. The first-order valence-electron chi connectivity index (χ1n) is 19.2. The summed E-state index contributed by atoms with van der Waals surface area (Å²) in [6, 6.07) is 7.44. The zero-order valence-electron chi connectivity index (χ0n) is 30.6. The molecule has 6 fully saturated rings. The van der Waals surface area contributed by atoms with Gasteiger partial charge in [0.05, 0.1) is 11.2 Å². The van der Waals surface area contributed by atoms with Gasteiger partial charge in [0, 0.05) is 82.5 Å². The Hall–Kier alpha value is -4.57. The second-order valence-electron chi connectivity index (χ2n) is 16.3. The van der Waals surface area contributed by atoms with E-state index in [9.17, 15) is 27.9 Å². The van der Waals surface area contributed by atoms with Crippen LogP contribution in [-0.2, 0) is 25.9 Å². The third-order valence-corrected chi connectivity index (χ3v) is 13.4. The van der Waals surface area contributed by atoms with E-state index in [2.05, 4.69) is 30.2 Å². The molecule has 4 saturated carbocycles. The van der Waals surface area contributed by atoms with E-state index in [0.29, 0.717) is 75.7 Å². The fraction of sp³-hybridized carbons (Fsp3) is 0.590. The number of carboxylic acid groups (broad SMARTS) is 1. The number of carbonyl (C=O) groups excluding carboxylic acids is 1. The summed E-state index contributed by atoms with van der Waals surface area (Å²) in [5, 5.41) is 13.2. The first-order valence-corrected chi connectivity index (χ1v) is 19.2. The second kappa shape index (κ2) is 13.3. The Bertz CT molecular complexity index is 1950. The van der Waals surface area contributed by atoms with Gasteiger partial charge in [0.15, 0.2) is 5.69 Å². The van der Waals surface area contributed by atoms with Crippen LogP contribution in [0.1, 0.15) is 79.4 Å². The van der Waals surface area contributed by atoms with Crippen molar-refractivity contribution in [2.75, 3.05) is 49.8 Å². The van der Waals surface area contributed by atoms with Crippen molar-refractivity contribution in [3.05, 3.63) is 59.7 Å². The molecule has 1 aromatic carbocycles. The fourth-order valence-corrected chi connectivity index (χ4v) is 10.8. The molecule has 5 heterocycles. The Kier molecular flexibility index (Phi) is 8.72. The first kappa shape index (κ1) is 36.1. The molecule has 3 aromatic rings. The number of ether oxygens (including phenoxy) is 3. The van der Waals surface area contributed by atoms with Crippen LogP contribution in [0, 0.1) is 17.8 Å². The Morgan fingerprint density at radius 2 is 1.71 bits per heavy atom. The largest absolute Gasteiger partial charge is 0.490 e. The molecule has 1 amide bonds. The Balaban J connectivity index is 0.988. The Morgan fingerprint density at radius 1 is 1.00 bits per heavy atom. The molecule has 292 valence electrons. The van der Waals surface area contributed by atoms with Crippen LogP contribution in [0.5, 0.6) is 5.75 Å². The van der Waals surface area contributed by atoms with Gasteiger partial charge in [-0.25, -0.2) is 24.7 Å². The summed E-state index contributed by atoms with van der Waals surface area (Å²) < 4.78 is 62.7. The quantitative estimate of drug-likeness (QED) is 0.306. The molecule has 3 aliphatic heterocycles. The highest BCUT2D eigenvalue weighted by Gasteiger charge is 2.66. The number of aromatic nitrogens is 4. The zero-order chi connectivity index (χ0) is 38.2. The molecule has 13 nitrogen and oxygen atoms in total. The van der Waals surface area contributed by atoms with Gasteiger partial charge in [0.2, 0.25) is 11.9 Å². The highest BCUT2D eigenvalue weighted by molar-refractivity contribution is 5.99. The number of hydrogen-bond donors (Lipinski definition) is 2. The predicted molar refractivity (Wildman–Crippen MR) is 191 cm³/mol. The number of hydrogen-bond acceptors (Lipinski definition) is 11. The monoisotopic (exact) mass is 763 g/mol. The van der Waals surface area contributed by atoms with Gasteiger partial charge >= 0.3 is 12.1 Å². The summed E-state index contributed by atoms with van der Waals surface area (Å²) in [5.74, 6) is -1.91. The van der Waals surface area contributed by atoms with Crippen LogP contribution in [0.25, 0.3) is 0 Å². The number of nitrogens with zero attached hydrogens (tertiary/aromatic N) is 6. The molecule has 2 saturated heterocycles. The van der Waals surface area contributed by atoms with E-state index in [4.69, 9.17) is 14.2 Å². The Morgan fingerprint density at radius 3 is 2.36 bits per heavy atom. The molecule has 2 atom stereocenters. The molecule has 7 aliphatic rings. The maximum Gasteiger partial charge on any atom is 0.434 e. The van der Waals surface area contributed by atoms with E-state index in [1.54, 1.807) is 30.5 Å². The topological polar surface area (TPSA) is 152 Å². The number of alkyl halides is 3. The number of benzene rings is 1. The Labute approximate surface area is 316 Å². The molecule has 55 heavy (non-hydrogen) atoms. The van der Waals surface area contributed by atoms with Gasteiger partial charge in [-0.1, -0.05) is 0 Å². The second-order valence-corrected chi connectivity index (χ2v) is 16.3. The minimum atomic E-state index is -5.02. The van der Waals surface area contributed by atoms with Crippen molar-refractivity contribution >= 4 is 29.5 Å². The average molecular weight is 764 g/mol. The van der Waals surface area contributed by atoms with E-state index >= 15 is 0 Å². The van der Waals surface area contributed by atoms with Gasteiger partial charge in [-0.2, -0.15) is 13.2 Å². The molecular formula is C39H44F3N7O6. The smallest absolute Gasteiger partial charge is 0.434 e. The van der Waals surface area contributed by atoms with Crippen LogP contribution in [0.2, 0.25) is 0 Å². The van der Waals surface area contributed by atoms with Crippen molar-refractivity contribution in [3.63, 3.8) is 0 Å². The summed E-state index contributed by atoms with van der Waals surface area (Å²) in [5.41, 5.74) is -3.24. The number of carbonyl (C=O) groups is 2. The molecule has 2 aromatic heterocycles. The molecule has 4 bridgehead atoms. The lowest BCUT2D eigenvalue weighted by atomic mass is 9.47. The predicted octanol–water partition coefficient (Wildman–Crippen LogP) is 5.31. The summed E-state index contributed by atoms with van der Waals surface area (Å²) in [6.45, 7) is 2.79. The molecule has 4 aliphatic carbocycles. The third kappa shape index (κ3) is 6.06. The van der Waals surface area contributed by atoms with Crippen molar-refractivity contribution in [1.82, 2.24) is 25.3 Å². The minimum Gasteiger partial charge on any atom is -0.490 e. The molecule has 1 spiro atoms. The number of nitrogens with one attached hydrogen (secondary N) is 1. The van der Waals surface area contributed by atoms with E-state index < -0.39 is 57.7 Å². The van der Waals surface area contributed by atoms with Gasteiger partial charge < -0.3 is 34.4 Å². The number of anilines is 3. The number of piperidine rings is 1. The van der Waals surface area contributed by atoms with Crippen LogP contribution in [-0.4, -0.2) is 94.1 Å². The number of methoxy groups -OCH3 is 1. The summed E-state index contributed by atoms with van der Waals surface area (Å²) >= 11 is 0. The molecule has 10 rings (SSSR count). The van der Waals surface area contributed by atoms with E-state index in [-0.39, 0.29) is 18.0 Å². The number of rotatable bonds is 8. The van der Waals surface area contributed by atoms with Crippen molar-refractivity contribution in [2.24, 2.45) is 17.8 Å². The van der Waals surface area contributed by atoms with Gasteiger partial charge in [0.1, 0.15) is 17.4 Å². The van der Waals surface area contributed by atoms with Gasteiger partial charge in [-0.05, 0) is 92.5 Å². The highest BCUT2D eigenvalue weighted by Crippen LogP contribution is 2.61. The maximum absolute atomic E-state index is 14.9. The third-order valence-electron chi connectivity index (χ3n) is 13.4. The van der Waals surface area contributed by atoms with E-state index in [1.807, 2.05) is 18.2 Å². The van der Waals surface area contributed by atoms with Crippen molar-refractivity contribution in [1.29, 1.82) is 0 Å². The minimum absolute atomic E-state index is 0.0299. The standard InChI is InChI=1S/C39H44F3N7O6/c1-53-37-18-23-15-24(19-37)38(33(51)52,25(16-23)20-37)47-32(50)28-21-45-35(46-31(28)39(40,41)42)49-22-36(7-13-54-14-8-36)29-17-27(3-4-30(29)49)55-26-5-11-48(12-6-26)34-43-9-2-10-44-34/h2-4,9-10,17,21,23-26H,5-8,11-16,18-20,22H2,1H3,(H,47,50)(H,51,52). The van der Waals surface area contributed by atoms with E-state index in [0.717, 1.165) is 44.1 Å². The van der Waals surface area contributed by atoms with Crippen LogP contribution in [0.3, 0.4) is 0 Å². The lowest BCUT2D eigenvalue weighted by Crippen LogP contribution is -2.73. The van der Waals surface area contributed by atoms with Gasteiger partial charge in [-0.3, -0.25) is 4.79 Å². The number of amides is 1. The summed E-state index contributed by atoms with van der Waals surface area (Å²) in [7, 11) is 1.62. The van der Waals surface area contributed by atoms with Crippen molar-refractivity contribution in [3.8, 4) is 5.75 Å². The first-order chi connectivity index (χ1) is 26.4. The molecule has 2 N–H and O–H groups in total. The maximum atomic E-state index is 14.9. The number of aliphatic carboxylic acids is 1. The number of carboxylic acids is 1. The highest BCUT2D eigenvalue weighted by atomic mass is 19.4. The SMILES string of the molecule is COC12CC3CC(C1)C(NC(=O)c1cnc(N4CC5(CCOCC5)c5cc(OC6CCN(c7ncccn7)CC6)ccc54)nc1C(F)(F)F)(C(=O)O)C(C3)C2. The van der Waals surface area contributed by atoms with Crippen LogP contribution in [0.4, 0.5) is 30.8 Å². The van der Waals surface area contributed by atoms with Crippen LogP contribution >= 0.6 is 0 Å². The summed E-state index contributed by atoms with van der Waals surface area (Å²) in [6.07, 6.45) is 4.91. The zero-order valence-corrected chi connectivity index (χ0v) is 30.6. The van der Waals surface area contributed by atoms with Crippen LogP contribution in [0.15, 0.2) is 42.9 Å². The van der Waals surface area contributed by atoms with Gasteiger partial charge in [0.25, 0.3) is 5.91 Å². The fourth-order valence-electron chi connectivity index (χ4n) is 10.8. The molecule has 16 heteroatoms.